The minimum atomic E-state index is -0.281. The molecule has 1 aromatic heterocycles. The fraction of sp³-hybridized carbons (Fsp3) is 0.207. The van der Waals surface area contributed by atoms with Gasteiger partial charge in [0.1, 0.15) is 0 Å². The molecular weight excluding hydrogens is 452 g/mol. The third-order valence-corrected chi connectivity index (χ3v) is 6.00. The van der Waals surface area contributed by atoms with Gasteiger partial charge in [-0.25, -0.2) is 4.99 Å². The van der Waals surface area contributed by atoms with Crippen molar-refractivity contribution in [3.05, 3.63) is 89.5 Å². The average molecular weight is 483 g/mol. The van der Waals surface area contributed by atoms with E-state index in [4.69, 9.17) is 4.99 Å². The topological polar surface area (TPSA) is 78.1 Å². The number of likely N-dealkylation sites (N-methyl/N-ethyl adjacent to an activating group) is 2. The summed E-state index contributed by atoms with van der Waals surface area (Å²) in [4.78, 5) is 33.3. The first-order chi connectivity index (χ1) is 17.2. The molecular formula is C29H30N4O3. The number of benzene rings is 3. The number of aromatic hydroxyl groups is 1. The Balaban J connectivity index is 1.86. The summed E-state index contributed by atoms with van der Waals surface area (Å²) in [5, 5.41) is 12.0. The highest BCUT2D eigenvalue weighted by Gasteiger charge is 2.24. The van der Waals surface area contributed by atoms with E-state index in [2.05, 4.69) is 0 Å². The molecule has 1 amide bonds. The number of aromatic nitrogens is 1. The van der Waals surface area contributed by atoms with Gasteiger partial charge < -0.3 is 14.9 Å². The Labute approximate surface area is 210 Å². The van der Waals surface area contributed by atoms with Gasteiger partial charge in [-0.3, -0.25) is 14.2 Å². The predicted molar refractivity (Wildman–Crippen MR) is 145 cm³/mol. The number of carbonyl (C=O) groups is 2. The average Bonchev–Trinajstić information content (AvgIpc) is 3.13. The number of rotatable bonds is 6. The normalized spacial score (nSPS) is 11.8. The lowest BCUT2D eigenvalue weighted by molar-refractivity contribution is -0.118. The smallest absolute Gasteiger partial charge is 0.240 e. The maximum Gasteiger partial charge on any atom is 0.240 e. The van der Waals surface area contributed by atoms with Crippen molar-refractivity contribution >= 4 is 39.8 Å². The fourth-order valence-electron chi connectivity index (χ4n) is 4.20. The summed E-state index contributed by atoms with van der Waals surface area (Å²) in [6.07, 6.45) is 0. The number of amides is 1. The standard InChI is InChI=1S/C29H30N4O3/c1-19-11-16-24-25(17-19)33(20(2)34)29(36)27(24)28(21-9-7-6-8-10-21)30-22-12-14-23(15-13-22)32(5)26(35)18-31(3)4/h6-17,36H,18H2,1-5H3. The van der Waals surface area contributed by atoms with Crippen molar-refractivity contribution in [3.8, 4) is 5.88 Å². The molecule has 0 fully saturated rings. The number of fused-ring (bicyclic) bond motifs is 1. The number of aryl methyl sites for hydroxylation is 1. The molecule has 0 bridgehead atoms. The van der Waals surface area contributed by atoms with Crippen molar-refractivity contribution in [2.24, 2.45) is 4.99 Å². The van der Waals surface area contributed by atoms with E-state index in [1.54, 1.807) is 11.9 Å². The summed E-state index contributed by atoms with van der Waals surface area (Å²) in [5.74, 6) is -0.439. The third kappa shape index (κ3) is 4.92. The van der Waals surface area contributed by atoms with Crippen LogP contribution < -0.4 is 4.90 Å². The first kappa shape index (κ1) is 24.9. The summed E-state index contributed by atoms with van der Waals surface area (Å²) >= 11 is 0. The molecule has 7 heteroatoms. The highest BCUT2D eigenvalue weighted by atomic mass is 16.3. The number of anilines is 1. The Hall–Kier alpha value is -4.23. The van der Waals surface area contributed by atoms with Crippen LogP contribution in [-0.2, 0) is 4.79 Å². The molecule has 0 atom stereocenters. The molecule has 1 N–H and O–H groups in total. The Morgan fingerprint density at radius 1 is 0.944 bits per heavy atom. The van der Waals surface area contributed by atoms with Crippen molar-refractivity contribution < 1.29 is 14.7 Å². The van der Waals surface area contributed by atoms with Crippen LogP contribution in [0.3, 0.4) is 0 Å². The van der Waals surface area contributed by atoms with Crippen LogP contribution in [0.1, 0.15) is 28.4 Å². The zero-order valence-electron chi connectivity index (χ0n) is 21.2. The van der Waals surface area contributed by atoms with E-state index in [9.17, 15) is 14.7 Å². The number of hydrogen-bond acceptors (Lipinski definition) is 5. The van der Waals surface area contributed by atoms with Gasteiger partial charge in [0, 0.05) is 30.6 Å². The van der Waals surface area contributed by atoms with Crippen molar-refractivity contribution in [2.45, 2.75) is 13.8 Å². The van der Waals surface area contributed by atoms with Crippen molar-refractivity contribution in [1.29, 1.82) is 0 Å². The van der Waals surface area contributed by atoms with E-state index in [0.29, 0.717) is 29.0 Å². The Morgan fingerprint density at radius 2 is 1.61 bits per heavy atom. The zero-order chi connectivity index (χ0) is 26.0. The van der Waals surface area contributed by atoms with Crippen LogP contribution in [0.4, 0.5) is 11.4 Å². The second-order valence-corrected chi connectivity index (χ2v) is 9.11. The SMILES string of the molecule is CC(=O)n1c(O)c(C(=Nc2ccc(N(C)C(=O)CN(C)C)cc2)c2ccccc2)c2ccc(C)cc21. The highest BCUT2D eigenvalue weighted by molar-refractivity contribution is 6.23. The second kappa shape index (κ2) is 10.2. The largest absolute Gasteiger partial charge is 0.494 e. The molecule has 0 spiro atoms. The molecule has 0 aliphatic rings. The molecule has 0 aliphatic carbocycles. The molecule has 0 unspecified atom stereocenters. The molecule has 1 heterocycles. The summed E-state index contributed by atoms with van der Waals surface area (Å²) < 4.78 is 1.32. The maximum atomic E-state index is 12.5. The Morgan fingerprint density at radius 3 is 2.22 bits per heavy atom. The Bertz CT molecular complexity index is 1450. The lowest BCUT2D eigenvalue weighted by atomic mass is 10.00. The number of hydrogen-bond donors (Lipinski definition) is 1. The molecule has 4 aromatic rings. The van der Waals surface area contributed by atoms with Crippen LogP contribution in [0.2, 0.25) is 0 Å². The molecule has 0 aliphatic heterocycles. The van der Waals surface area contributed by atoms with E-state index in [1.807, 2.05) is 98.7 Å². The van der Waals surface area contributed by atoms with Gasteiger partial charge in [0.15, 0.2) is 0 Å². The van der Waals surface area contributed by atoms with Crippen molar-refractivity contribution in [2.75, 3.05) is 32.6 Å². The molecule has 0 radical (unpaired) electrons. The van der Waals surface area contributed by atoms with Crippen molar-refractivity contribution in [1.82, 2.24) is 9.47 Å². The van der Waals surface area contributed by atoms with Gasteiger partial charge in [0.2, 0.25) is 17.7 Å². The van der Waals surface area contributed by atoms with Crippen LogP contribution in [0, 0.1) is 6.92 Å². The van der Waals surface area contributed by atoms with E-state index < -0.39 is 0 Å². The van der Waals surface area contributed by atoms with Gasteiger partial charge in [-0.1, -0.05) is 42.5 Å². The van der Waals surface area contributed by atoms with E-state index in [1.165, 1.54) is 11.5 Å². The maximum absolute atomic E-state index is 12.5. The van der Waals surface area contributed by atoms with Crippen LogP contribution in [0.25, 0.3) is 10.9 Å². The number of nitrogens with zero attached hydrogens (tertiary/aromatic N) is 4. The molecule has 7 nitrogen and oxygen atoms in total. The van der Waals surface area contributed by atoms with Gasteiger partial charge >= 0.3 is 0 Å². The van der Waals surface area contributed by atoms with Crippen LogP contribution >= 0.6 is 0 Å². The summed E-state index contributed by atoms with van der Waals surface area (Å²) in [7, 11) is 5.46. The van der Waals surface area contributed by atoms with Gasteiger partial charge in [0.25, 0.3) is 0 Å². The highest BCUT2D eigenvalue weighted by Crippen LogP contribution is 2.35. The molecule has 0 saturated carbocycles. The molecule has 4 rings (SSSR count). The van der Waals surface area contributed by atoms with E-state index in [-0.39, 0.29) is 17.7 Å². The monoisotopic (exact) mass is 482 g/mol. The van der Waals surface area contributed by atoms with Gasteiger partial charge in [-0.2, -0.15) is 0 Å². The second-order valence-electron chi connectivity index (χ2n) is 9.11. The predicted octanol–water partition coefficient (Wildman–Crippen LogP) is 5.01. The zero-order valence-corrected chi connectivity index (χ0v) is 21.2. The summed E-state index contributed by atoms with van der Waals surface area (Å²) in [6.45, 7) is 3.69. The molecule has 36 heavy (non-hydrogen) atoms. The molecule has 3 aromatic carbocycles. The first-order valence-corrected chi connectivity index (χ1v) is 11.7. The minimum Gasteiger partial charge on any atom is -0.494 e. The lowest BCUT2D eigenvalue weighted by Crippen LogP contribution is -2.34. The molecule has 184 valence electrons. The van der Waals surface area contributed by atoms with Gasteiger partial charge in [-0.15, -0.1) is 0 Å². The molecule has 0 saturated heterocycles. The minimum absolute atomic E-state index is 0.0153. The van der Waals surface area contributed by atoms with E-state index in [0.717, 1.165) is 22.2 Å². The van der Waals surface area contributed by atoms with Crippen molar-refractivity contribution in [3.63, 3.8) is 0 Å². The van der Waals surface area contributed by atoms with Crippen LogP contribution in [0.5, 0.6) is 5.88 Å². The summed E-state index contributed by atoms with van der Waals surface area (Å²) in [5.41, 5.74) is 4.87. The van der Waals surface area contributed by atoms with Gasteiger partial charge in [-0.05, 0) is 56.9 Å². The number of aliphatic imine (C=N–C) groups is 1. The van der Waals surface area contributed by atoms with Crippen LogP contribution in [0.15, 0.2) is 77.8 Å². The fourth-order valence-corrected chi connectivity index (χ4v) is 4.20. The van der Waals surface area contributed by atoms with E-state index >= 15 is 0 Å². The first-order valence-electron chi connectivity index (χ1n) is 11.7. The Kier molecular flexibility index (Phi) is 7.03. The summed E-state index contributed by atoms with van der Waals surface area (Å²) in [6, 6.07) is 22.7. The van der Waals surface area contributed by atoms with Crippen LogP contribution in [-0.4, -0.2) is 59.8 Å². The van der Waals surface area contributed by atoms with Gasteiger partial charge in [0.05, 0.1) is 29.0 Å². The quantitative estimate of drug-likeness (QED) is 0.392. The third-order valence-electron chi connectivity index (χ3n) is 6.00. The lowest BCUT2D eigenvalue weighted by Gasteiger charge is -2.19. The number of carbonyl (C=O) groups excluding carboxylic acids is 2.